The number of nitrogens with two attached hydrogens (primary N) is 1. The van der Waals surface area contributed by atoms with Crippen LogP contribution in [0.2, 0.25) is 0 Å². The van der Waals surface area contributed by atoms with E-state index in [9.17, 15) is 4.79 Å². The first-order valence-corrected chi connectivity index (χ1v) is 6.43. The van der Waals surface area contributed by atoms with E-state index < -0.39 is 11.4 Å². The van der Waals surface area contributed by atoms with Gasteiger partial charge >= 0.3 is 0 Å². The van der Waals surface area contributed by atoms with Gasteiger partial charge in [0.15, 0.2) is 0 Å². The van der Waals surface area contributed by atoms with E-state index in [0.717, 1.165) is 5.56 Å². The van der Waals surface area contributed by atoms with Gasteiger partial charge in [-0.05, 0) is 12.6 Å². The minimum Gasteiger partial charge on any atom is -0.376 e. The Morgan fingerprint density at radius 2 is 2.16 bits per heavy atom. The standard InChI is InChI=1S/C14H20N2O3/c1-16-14(13(15)17,11-5-3-2-4-6-11)7-8-19-12-9-18-10-12/h2-6,12,16H,7-10H2,1H3,(H2,15,17). The molecule has 1 aliphatic rings. The lowest BCUT2D eigenvalue weighted by atomic mass is 9.86. The van der Waals surface area contributed by atoms with E-state index >= 15 is 0 Å². The highest BCUT2D eigenvalue weighted by atomic mass is 16.6. The monoisotopic (exact) mass is 264 g/mol. The van der Waals surface area contributed by atoms with E-state index in [0.29, 0.717) is 26.2 Å². The molecule has 0 radical (unpaired) electrons. The SMILES string of the molecule is CNC(CCOC1COC1)(C(N)=O)c1ccccc1. The van der Waals surface area contributed by atoms with Gasteiger partial charge in [0, 0.05) is 13.0 Å². The number of carbonyl (C=O) groups is 1. The van der Waals surface area contributed by atoms with Gasteiger partial charge in [-0.3, -0.25) is 4.79 Å². The molecular formula is C14H20N2O3. The van der Waals surface area contributed by atoms with Crippen LogP contribution in [0.1, 0.15) is 12.0 Å². The van der Waals surface area contributed by atoms with Crippen LogP contribution in [0.5, 0.6) is 0 Å². The van der Waals surface area contributed by atoms with E-state index in [1.165, 1.54) is 0 Å². The Hall–Kier alpha value is -1.43. The third-order valence-corrected chi connectivity index (χ3v) is 3.55. The lowest BCUT2D eigenvalue weighted by molar-refractivity contribution is -0.137. The summed E-state index contributed by atoms with van der Waals surface area (Å²) >= 11 is 0. The third kappa shape index (κ3) is 2.94. The topological polar surface area (TPSA) is 73.6 Å². The molecular weight excluding hydrogens is 244 g/mol. The molecule has 0 bridgehead atoms. The van der Waals surface area contributed by atoms with Crippen molar-refractivity contribution in [1.82, 2.24) is 5.32 Å². The third-order valence-electron chi connectivity index (χ3n) is 3.55. The van der Waals surface area contributed by atoms with Crippen LogP contribution in [-0.4, -0.2) is 38.9 Å². The summed E-state index contributed by atoms with van der Waals surface area (Å²) in [6.07, 6.45) is 0.650. The number of rotatable bonds is 7. The summed E-state index contributed by atoms with van der Waals surface area (Å²) in [5.74, 6) is -0.394. The Balaban J connectivity index is 2.07. The lowest BCUT2D eigenvalue weighted by Gasteiger charge is -2.32. The molecule has 0 spiro atoms. The molecule has 0 aromatic heterocycles. The largest absolute Gasteiger partial charge is 0.376 e. The van der Waals surface area contributed by atoms with Gasteiger partial charge in [-0.25, -0.2) is 0 Å². The molecule has 104 valence electrons. The van der Waals surface area contributed by atoms with Crippen LogP contribution in [-0.2, 0) is 19.8 Å². The molecule has 5 heteroatoms. The molecule has 1 fully saturated rings. The first kappa shape index (κ1) is 14.0. The summed E-state index contributed by atoms with van der Waals surface area (Å²) in [5.41, 5.74) is 5.57. The number of primary amides is 1. The zero-order valence-electron chi connectivity index (χ0n) is 11.1. The van der Waals surface area contributed by atoms with Crippen LogP contribution in [0.4, 0.5) is 0 Å². The number of benzene rings is 1. The van der Waals surface area contributed by atoms with Crippen LogP contribution < -0.4 is 11.1 Å². The lowest BCUT2D eigenvalue weighted by Crippen LogP contribution is -2.52. The number of hydrogen-bond acceptors (Lipinski definition) is 4. The second kappa shape index (κ2) is 6.14. The maximum atomic E-state index is 11.9. The highest BCUT2D eigenvalue weighted by molar-refractivity contribution is 5.86. The van der Waals surface area contributed by atoms with Gasteiger partial charge in [-0.1, -0.05) is 30.3 Å². The van der Waals surface area contributed by atoms with E-state index in [1.54, 1.807) is 7.05 Å². The fraction of sp³-hybridized carbons (Fsp3) is 0.500. The molecule has 1 heterocycles. The summed E-state index contributed by atoms with van der Waals surface area (Å²) in [6, 6.07) is 9.49. The second-order valence-electron chi connectivity index (χ2n) is 4.67. The average molecular weight is 264 g/mol. The minimum absolute atomic E-state index is 0.151. The molecule has 5 nitrogen and oxygen atoms in total. The molecule has 1 aromatic carbocycles. The van der Waals surface area contributed by atoms with Crippen LogP contribution in [0.3, 0.4) is 0 Å². The summed E-state index contributed by atoms with van der Waals surface area (Å²) < 4.78 is 10.7. The van der Waals surface area contributed by atoms with Gasteiger partial charge < -0.3 is 20.5 Å². The van der Waals surface area contributed by atoms with Crippen molar-refractivity contribution >= 4 is 5.91 Å². The van der Waals surface area contributed by atoms with Crippen molar-refractivity contribution < 1.29 is 14.3 Å². The number of amides is 1. The van der Waals surface area contributed by atoms with Gasteiger partial charge in [0.1, 0.15) is 11.6 Å². The number of hydrogen-bond donors (Lipinski definition) is 2. The van der Waals surface area contributed by atoms with Crippen LogP contribution >= 0.6 is 0 Å². The van der Waals surface area contributed by atoms with Gasteiger partial charge in [0.2, 0.25) is 5.91 Å². The first-order chi connectivity index (χ1) is 9.19. The smallest absolute Gasteiger partial charge is 0.242 e. The highest BCUT2D eigenvalue weighted by Crippen LogP contribution is 2.25. The predicted molar refractivity (Wildman–Crippen MR) is 71.6 cm³/mol. The molecule has 1 amide bonds. The van der Waals surface area contributed by atoms with E-state index in [2.05, 4.69) is 5.32 Å². The Bertz CT molecular complexity index is 420. The van der Waals surface area contributed by atoms with Crippen molar-refractivity contribution in [3.63, 3.8) is 0 Å². The first-order valence-electron chi connectivity index (χ1n) is 6.43. The summed E-state index contributed by atoms with van der Waals surface area (Å²) in [4.78, 5) is 11.9. The predicted octanol–water partition coefficient (Wildman–Crippen LogP) is 0.392. The van der Waals surface area contributed by atoms with Crippen molar-refractivity contribution in [2.75, 3.05) is 26.9 Å². The maximum absolute atomic E-state index is 11.9. The van der Waals surface area contributed by atoms with Crippen LogP contribution in [0.25, 0.3) is 0 Å². The molecule has 3 N–H and O–H groups in total. The average Bonchev–Trinajstić information content (AvgIpc) is 2.38. The van der Waals surface area contributed by atoms with Crippen molar-refractivity contribution in [2.24, 2.45) is 5.73 Å². The molecule has 0 aliphatic carbocycles. The molecule has 19 heavy (non-hydrogen) atoms. The van der Waals surface area contributed by atoms with Crippen molar-refractivity contribution in [3.8, 4) is 0 Å². The zero-order valence-corrected chi connectivity index (χ0v) is 11.1. The number of likely N-dealkylation sites (N-methyl/N-ethyl adjacent to an activating group) is 1. The van der Waals surface area contributed by atoms with Crippen molar-refractivity contribution in [2.45, 2.75) is 18.1 Å². The Morgan fingerprint density at radius 3 is 2.63 bits per heavy atom. The molecule has 2 rings (SSSR count). The van der Waals surface area contributed by atoms with Crippen molar-refractivity contribution in [3.05, 3.63) is 35.9 Å². The van der Waals surface area contributed by atoms with Crippen LogP contribution in [0.15, 0.2) is 30.3 Å². The number of nitrogens with one attached hydrogen (secondary N) is 1. The molecule has 1 aliphatic heterocycles. The van der Waals surface area contributed by atoms with E-state index in [1.807, 2.05) is 30.3 Å². The zero-order chi connectivity index (χ0) is 13.7. The molecule has 1 saturated heterocycles. The summed E-state index contributed by atoms with van der Waals surface area (Å²) in [6.45, 7) is 1.73. The molecule has 1 aromatic rings. The molecule has 0 saturated carbocycles. The quantitative estimate of drug-likeness (QED) is 0.747. The van der Waals surface area contributed by atoms with Gasteiger partial charge in [-0.2, -0.15) is 0 Å². The second-order valence-corrected chi connectivity index (χ2v) is 4.67. The number of ether oxygens (including phenoxy) is 2. The van der Waals surface area contributed by atoms with Gasteiger partial charge in [0.05, 0.1) is 13.2 Å². The maximum Gasteiger partial charge on any atom is 0.242 e. The normalized spacial score (nSPS) is 18.6. The minimum atomic E-state index is -0.883. The fourth-order valence-corrected chi connectivity index (χ4v) is 2.21. The Morgan fingerprint density at radius 1 is 1.47 bits per heavy atom. The van der Waals surface area contributed by atoms with Gasteiger partial charge in [0.25, 0.3) is 0 Å². The highest BCUT2D eigenvalue weighted by Gasteiger charge is 2.37. The van der Waals surface area contributed by atoms with Crippen LogP contribution in [0, 0.1) is 0 Å². The van der Waals surface area contributed by atoms with Gasteiger partial charge in [-0.15, -0.1) is 0 Å². The van der Waals surface area contributed by atoms with E-state index in [-0.39, 0.29) is 6.10 Å². The Kier molecular flexibility index (Phi) is 4.52. The summed E-state index contributed by atoms with van der Waals surface area (Å²) in [7, 11) is 1.74. The summed E-state index contributed by atoms with van der Waals surface area (Å²) in [5, 5.41) is 3.06. The number of carbonyl (C=O) groups excluding carboxylic acids is 1. The van der Waals surface area contributed by atoms with Crippen molar-refractivity contribution in [1.29, 1.82) is 0 Å². The van der Waals surface area contributed by atoms with E-state index in [4.69, 9.17) is 15.2 Å². The molecule has 1 unspecified atom stereocenters. The Labute approximate surface area is 113 Å². The molecule has 1 atom stereocenters. The fourth-order valence-electron chi connectivity index (χ4n) is 2.21.